The molecule has 2 aromatic carbocycles. The normalized spacial score (nSPS) is 12.8. The predicted molar refractivity (Wildman–Crippen MR) is 95.6 cm³/mol. The Hall–Kier alpha value is -3.35. The van der Waals surface area contributed by atoms with Gasteiger partial charge in [0, 0.05) is 5.69 Å². The molecule has 1 aliphatic rings. The van der Waals surface area contributed by atoms with Crippen LogP contribution in [0.25, 0.3) is 0 Å². The van der Waals surface area contributed by atoms with E-state index in [1.165, 1.54) is 4.90 Å². The first-order chi connectivity index (χ1) is 12.0. The van der Waals surface area contributed by atoms with Gasteiger partial charge in [0.05, 0.1) is 17.9 Å². The van der Waals surface area contributed by atoms with Gasteiger partial charge in [0.25, 0.3) is 0 Å². The van der Waals surface area contributed by atoms with Gasteiger partial charge in [-0.25, -0.2) is 4.79 Å². The number of benzene rings is 2. The monoisotopic (exact) mass is 338 g/mol. The van der Waals surface area contributed by atoms with E-state index >= 15 is 0 Å². The molecule has 1 heterocycles. The van der Waals surface area contributed by atoms with Gasteiger partial charge in [-0.3, -0.25) is 14.5 Å². The van der Waals surface area contributed by atoms with E-state index in [9.17, 15) is 14.4 Å². The van der Waals surface area contributed by atoms with Gasteiger partial charge in [-0.05, 0) is 36.8 Å². The van der Waals surface area contributed by atoms with Crippen molar-refractivity contribution in [1.82, 2.24) is 5.32 Å². The van der Waals surface area contributed by atoms with E-state index in [0.717, 1.165) is 5.56 Å². The number of hydrogen-bond acceptors (Lipinski definition) is 3. The molecule has 0 atom stereocenters. The molecule has 0 spiro atoms. The van der Waals surface area contributed by atoms with Crippen molar-refractivity contribution in [2.24, 2.45) is 0 Å². The van der Waals surface area contributed by atoms with Crippen molar-refractivity contribution in [2.75, 3.05) is 28.6 Å². The predicted octanol–water partition coefficient (Wildman–Crippen LogP) is 2.10. The minimum Gasteiger partial charge on any atom is -0.329 e. The molecule has 0 saturated heterocycles. The third-order valence-electron chi connectivity index (χ3n) is 3.72. The van der Waals surface area contributed by atoms with Gasteiger partial charge in [0.1, 0.15) is 6.54 Å². The summed E-state index contributed by atoms with van der Waals surface area (Å²) in [7, 11) is 0. The van der Waals surface area contributed by atoms with Gasteiger partial charge in [0.15, 0.2) is 0 Å². The van der Waals surface area contributed by atoms with Crippen LogP contribution in [0.15, 0.2) is 48.5 Å². The van der Waals surface area contributed by atoms with Crippen molar-refractivity contribution in [3.8, 4) is 0 Å². The van der Waals surface area contributed by atoms with Gasteiger partial charge < -0.3 is 16.0 Å². The summed E-state index contributed by atoms with van der Waals surface area (Å²) in [5, 5.41) is 7.97. The van der Waals surface area contributed by atoms with Gasteiger partial charge in [0.2, 0.25) is 11.8 Å². The number of aryl methyl sites for hydroxylation is 1. The number of hydrogen-bond donors (Lipinski definition) is 3. The minimum absolute atomic E-state index is 0.0949. The first-order valence-corrected chi connectivity index (χ1v) is 7.84. The number of nitrogens with zero attached hydrogens (tertiary/aromatic N) is 1. The van der Waals surface area contributed by atoms with E-state index in [-0.39, 0.29) is 24.9 Å². The average Bonchev–Trinajstić information content (AvgIpc) is 2.59. The van der Waals surface area contributed by atoms with E-state index in [1.54, 1.807) is 30.3 Å². The second kappa shape index (κ2) is 7.04. The maximum atomic E-state index is 12.4. The Labute approximate surface area is 145 Å². The molecule has 7 heteroatoms. The third-order valence-corrected chi connectivity index (χ3v) is 3.72. The molecule has 1 aliphatic heterocycles. The Morgan fingerprint density at radius 3 is 2.76 bits per heavy atom. The van der Waals surface area contributed by atoms with E-state index in [2.05, 4.69) is 16.0 Å². The standard InChI is InChI=1S/C18H18N4O3/c1-12-5-4-6-13(9-12)20-16(23)10-19-18(25)22-11-17(24)21-14-7-2-3-8-15(14)22/h2-9H,10-11H2,1H3,(H,19,25)(H,20,23)(H,21,24). The van der Waals surface area contributed by atoms with Crippen LogP contribution >= 0.6 is 0 Å². The van der Waals surface area contributed by atoms with Crippen LogP contribution < -0.4 is 20.9 Å². The molecule has 0 aromatic heterocycles. The van der Waals surface area contributed by atoms with Crippen LogP contribution in [-0.2, 0) is 9.59 Å². The molecule has 3 N–H and O–H groups in total. The van der Waals surface area contributed by atoms with Crippen molar-refractivity contribution < 1.29 is 14.4 Å². The molecule has 0 fully saturated rings. The molecule has 3 rings (SSSR count). The van der Waals surface area contributed by atoms with Gasteiger partial charge in [-0.2, -0.15) is 0 Å². The Morgan fingerprint density at radius 1 is 1.16 bits per heavy atom. The van der Waals surface area contributed by atoms with Crippen LogP contribution in [0.4, 0.5) is 21.9 Å². The highest BCUT2D eigenvalue weighted by Gasteiger charge is 2.26. The zero-order chi connectivity index (χ0) is 17.8. The quantitative estimate of drug-likeness (QED) is 0.800. The SMILES string of the molecule is Cc1cccc(NC(=O)CNC(=O)N2CC(=O)Nc3ccccc32)c1. The molecular formula is C18H18N4O3. The summed E-state index contributed by atoms with van der Waals surface area (Å²) < 4.78 is 0. The fourth-order valence-corrected chi connectivity index (χ4v) is 2.59. The zero-order valence-corrected chi connectivity index (χ0v) is 13.7. The first-order valence-electron chi connectivity index (χ1n) is 7.84. The zero-order valence-electron chi connectivity index (χ0n) is 13.7. The molecular weight excluding hydrogens is 320 g/mol. The van der Waals surface area contributed by atoms with E-state index in [1.807, 2.05) is 25.1 Å². The lowest BCUT2D eigenvalue weighted by atomic mass is 10.2. The molecule has 0 unspecified atom stereocenters. The number of nitrogens with one attached hydrogen (secondary N) is 3. The maximum Gasteiger partial charge on any atom is 0.322 e. The second-order valence-corrected chi connectivity index (χ2v) is 5.73. The number of carbonyl (C=O) groups is 3. The summed E-state index contributed by atoms with van der Waals surface area (Å²) in [6.45, 7) is 1.64. The fraction of sp³-hybridized carbons (Fsp3) is 0.167. The number of amides is 4. The molecule has 128 valence electrons. The molecule has 7 nitrogen and oxygen atoms in total. The first kappa shape index (κ1) is 16.5. The Morgan fingerprint density at radius 2 is 1.96 bits per heavy atom. The molecule has 4 amide bonds. The Kier molecular flexibility index (Phi) is 4.65. The van der Waals surface area contributed by atoms with Crippen molar-refractivity contribution >= 4 is 34.9 Å². The summed E-state index contributed by atoms with van der Waals surface area (Å²) in [6, 6.07) is 13.9. The lowest BCUT2D eigenvalue weighted by molar-refractivity contribution is -0.115. The average molecular weight is 338 g/mol. The van der Waals surface area contributed by atoms with E-state index < -0.39 is 6.03 Å². The summed E-state index contributed by atoms with van der Waals surface area (Å²) in [6.07, 6.45) is 0. The van der Waals surface area contributed by atoms with Crippen molar-refractivity contribution in [2.45, 2.75) is 6.92 Å². The highest BCUT2D eigenvalue weighted by molar-refractivity contribution is 6.10. The topological polar surface area (TPSA) is 90.5 Å². The maximum absolute atomic E-state index is 12.4. The molecule has 2 aromatic rings. The number of carbonyl (C=O) groups excluding carboxylic acids is 3. The van der Waals surface area contributed by atoms with Crippen LogP contribution in [0.1, 0.15) is 5.56 Å². The lowest BCUT2D eigenvalue weighted by Crippen LogP contribution is -2.48. The number of anilines is 3. The Bertz CT molecular complexity index is 835. The van der Waals surface area contributed by atoms with Crippen molar-refractivity contribution in [3.05, 3.63) is 54.1 Å². The molecule has 0 saturated carbocycles. The summed E-state index contributed by atoms with van der Waals surface area (Å²) in [5.74, 6) is -0.619. The van der Waals surface area contributed by atoms with Crippen LogP contribution in [-0.4, -0.2) is 30.9 Å². The number of fused-ring (bicyclic) bond motifs is 1. The van der Waals surface area contributed by atoms with E-state index in [4.69, 9.17) is 0 Å². The number of para-hydroxylation sites is 2. The Balaban J connectivity index is 1.61. The largest absolute Gasteiger partial charge is 0.329 e. The smallest absolute Gasteiger partial charge is 0.322 e. The molecule has 0 bridgehead atoms. The van der Waals surface area contributed by atoms with Crippen molar-refractivity contribution in [3.63, 3.8) is 0 Å². The minimum atomic E-state index is -0.498. The van der Waals surface area contributed by atoms with Crippen LogP contribution in [0.5, 0.6) is 0 Å². The van der Waals surface area contributed by atoms with Gasteiger partial charge in [-0.1, -0.05) is 24.3 Å². The summed E-state index contributed by atoms with van der Waals surface area (Å²) >= 11 is 0. The number of rotatable bonds is 3. The molecule has 25 heavy (non-hydrogen) atoms. The highest BCUT2D eigenvalue weighted by atomic mass is 16.2. The lowest BCUT2D eigenvalue weighted by Gasteiger charge is -2.29. The van der Waals surface area contributed by atoms with Crippen LogP contribution in [0.2, 0.25) is 0 Å². The molecule has 0 radical (unpaired) electrons. The van der Waals surface area contributed by atoms with Crippen LogP contribution in [0.3, 0.4) is 0 Å². The van der Waals surface area contributed by atoms with Gasteiger partial charge in [-0.15, -0.1) is 0 Å². The van der Waals surface area contributed by atoms with Crippen LogP contribution in [0, 0.1) is 6.92 Å². The highest BCUT2D eigenvalue weighted by Crippen LogP contribution is 2.28. The second-order valence-electron chi connectivity index (χ2n) is 5.73. The summed E-state index contributed by atoms with van der Waals surface area (Å²) in [4.78, 5) is 37.4. The molecule has 0 aliphatic carbocycles. The van der Waals surface area contributed by atoms with Gasteiger partial charge >= 0.3 is 6.03 Å². The number of urea groups is 1. The third kappa shape index (κ3) is 3.95. The van der Waals surface area contributed by atoms with Crippen molar-refractivity contribution in [1.29, 1.82) is 0 Å². The summed E-state index contributed by atoms with van der Waals surface area (Å²) in [5.41, 5.74) is 2.86. The van der Waals surface area contributed by atoms with E-state index in [0.29, 0.717) is 17.1 Å². The fourth-order valence-electron chi connectivity index (χ4n) is 2.59.